The lowest BCUT2D eigenvalue weighted by Gasteiger charge is -2.14. The number of anilines is 1. The normalized spacial score (nSPS) is 11.7. The van der Waals surface area contributed by atoms with Gasteiger partial charge in [0, 0.05) is 12.1 Å². The number of rotatable bonds is 9. The Morgan fingerprint density at radius 3 is 2.55 bits per heavy atom. The summed E-state index contributed by atoms with van der Waals surface area (Å²) < 4.78 is 6.88. The van der Waals surface area contributed by atoms with Crippen LogP contribution in [-0.2, 0) is 23.1 Å². The molecule has 0 aliphatic rings. The van der Waals surface area contributed by atoms with Crippen molar-refractivity contribution in [1.29, 1.82) is 0 Å². The molecule has 1 aromatic heterocycles. The van der Waals surface area contributed by atoms with Crippen LogP contribution in [0.3, 0.4) is 0 Å². The molecule has 0 saturated heterocycles. The Balaban J connectivity index is 1.53. The largest absolute Gasteiger partial charge is 0.497 e. The molecule has 0 aliphatic carbocycles. The molecule has 0 radical (unpaired) electrons. The number of hydrogen-bond donors (Lipinski definition) is 2. The predicted octanol–water partition coefficient (Wildman–Crippen LogP) is 4.28. The standard InChI is InChI=1S/C22H23Cl2N5O3S/c1-13(25-19(30)10-14-4-7-16(32-3)8-5-14)21-27-28-22(29(21)2)33-12-20(31)26-18-11-15(23)6-9-17(18)24/h4-9,11,13H,10,12H2,1-3H3,(H,25,30)(H,26,31)/t13-/m1/s1. The van der Waals surface area contributed by atoms with Crippen LogP contribution in [0.5, 0.6) is 5.75 Å². The number of benzene rings is 2. The van der Waals surface area contributed by atoms with E-state index in [0.717, 1.165) is 11.3 Å². The van der Waals surface area contributed by atoms with E-state index in [1.165, 1.54) is 11.8 Å². The van der Waals surface area contributed by atoms with E-state index >= 15 is 0 Å². The lowest BCUT2D eigenvalue weighted by molar-refractivity contribution is -0.121. The van der Waals surface area contributed by atoms with Gasteiger partial charge in [-0.2, -0.15) is 0 Å². The summed E-state index contributed by atoms with van der Waals surface area (Å²) in [5.41, 5.74) is 1.32. The molecule has 8 nitrogen and oxygen atoms in total. The molecule has 2 aromatic carbocycles. The summed E-state index contributed by atoms with van der Waals surface area (Å²) in [6.07, 6.45) is 0.236. The number of nitrogens with one attached hydrogen (secondary N) is 2. The van der Waals surface area contributed by atoms with E-state index in [-0.39, 0.29) is 30.0 Å². The Morgan fingerprint density at radius 1 is 1.12 bits per heavy atom. The van der Waals surface area contributed by atoms with Crippen LogP contribution in [-0.4, -0.2) is 39.4 Å². The summed E-state index contributed by atoms with van der Waals surface area (Å²) in [5, 5.41) is 15.4. The molecule has 0 saturated carbocycles. The van der Waals surface area contributed by atoms with Crippen molar-refractivity contribution in [3.05, 3.63) is 63.9 Å². The monoisotopic (exact) mass is 507 g/mol. The van der Waals surface area contributed by atoms with Crippen LogP contribution >= 0.6 is 35.0 Å². The summed E-state index contributed by atoms with van der Waals surface area (Å²) in [5.74, 6) is 1.03. The van der Waals surface area contributed by atoms with Crippen molar-refractivity contribution in [3.63, 3.8) is 0 Å². The highest BCUT2D eigenvalue weighted by Gasteiger charge is 2.19. The average Bonchev–Trinajstić information content (AvgIpc) is 3.15. The number of ether oxygens (including phenoxy) is 1. The van der Waals surface area contributed by atoms with Crippen molar-refractivity contribution < 1.29 is 14.3 Å². The summed E-state index contributed by atoms with van der Waals surface area (Å²) in [6, 6.07) is 11.8. The summed E-state index contributed by atoms with van der Waals surface area (Å²) in [4.78, 5) is 24.7. The van der Waals surface area contributed by atoms with E-state index in [4.69, 9.17) is 27.9 Å². The van der Waals surface area contributed by atoms with E-state index in [0.29, 0.717) is 26.7 Å². The molecule has 3 rings (SSSR count). The van der Waals surface area contributed by atoms with Crippen LogP contribution in [0.2, 0.25) is 10.0 Å². The van der Waals surface area contributed by atoms with Crippen LogP contribution in [0.15, 0.2) is 47.6 Å². The first kappa shape index (κ1) is 24.9. The van der Waals surface area contributed by atoms with Crippen molar-refractivity contribution in [2.75, 3.05) is 18.2 Å². The van der Waals surface area contributed by atoms with Gasteiger partial charge in [-0.15, -0.1) is 10.2 Å². The van der Waals surface area contributed by atoms with Crippen molar-refractivity contribution in [1.82, 2.24) is 20.1 Å². The minimum absolute atomic E-state index is 0.104. The minimum Gasteiger partial charge on any atom is -0.497 e. The molecule has 11 heteroatoms. The fourth-order valence-corrected chi connectivity index (χ4v) is 4.08. The third-order valence-electron chi connectivity index (χ3n) is 4.69. The van der Waals surface area contributed by atoms with Gasteiger partial charge in [-0.25, -0.2) is 0 Å². The third kappa shape index (κ3) is 6.86. The molecule has 1 atom stereocenters. The van der Waals surface area contributed by atoms with Gasteiger partial charge >= 0.3 is 0 Å². The van der Waals surface area contributed by atoms with Gasteiger partial charge in [0.25, 0.3) is 0 Å². The molecule has 2 N–H and O–H groups in total. The zero-order valence-electron chi connectivity index (χ0n) is 18.3. The second-order valence-corrected chi connectivity index (χ2v) is 8.96. The van der Waals surface area contributed by atoms with Crippen molar-refractivity contribution >= 4 is 52.5 Å². The molecule has 0 fully saturated rings. The third-order valence-corrected chi connectivity index (χ3v) is 6.28. The van der Waals surface area contributed by atoms with E-state index < -0.39 is 0 Å². The molecule has 0 unspecified atom stereocenters. The van der Waals surface area contributed by atoms with Crippen LogP contribution in [0.25, 0.3) is 0 Å². The quantitative estimate of drug-likeness (QED) is 0.419. The highest BCUT2D eigenvalue weighted by molar-refractivity contribution is 7.99. The lowest BCUT2D eigenvalue weighted by atomic mass is 10.1. The number of amides is 2. The highest BCUT2D eigenvalue weighted by Crippen LogP contribution is 2.26. The number of carbonyl (C=O) groups excluding carboxylic acids is 2. The number of aromatic nitrogens is 3. The van der Waals surface area contributed by atoms with E-state index in [9.17, 15) is 9.59 Å². The maximum atomic E-state index is 12.4. The number of carbonyl (C=O) groups is 2. The summed E-state index contributed by atoms with van der Waals surface area (Å²) >= 11 is 13.3. The maximum Gasteiger partial charge on any atom is 0.234 e. The van der Waals surface area contributed by atoms with Gasteiger partial charge in [0.05, 0.1) is 36.0 Å². The van der Waals surface area contributed by atoms with Crippen molar-refractivity contribution in [2.24, 2.45) is 7.05 Å². The highest BCUT2D eigenvalue weighted by atomic mass is 35.5. The number of methoxy groups -OCH3 is 1. The summed E-state index contributed by atoms with van der Waals surface area (Å²) in [7, 11) is 3.38. The minimum atomic E-state index is -0.360. The Morgan fingerprint density at radius 2 is 1.85 bits per heavy atom. The van der Waals surface area contributed by atoms with Crippen molar-refractivity contribution in [3.8, 4) is 5.75 Å². The van der Waals surface area contributed by atoms with E-state index in [2.05, 4.69) is 20.8 Å². The average molecular weight is 508 g/mol. The Labute approximate surface area is 206 Å². The SMILES string of the molecule is COc1ccc(CC(=O)N[C@H](C)c2nnc(SCC(=O)Nc3cc(Cl)ccc3Cl)n2C)cc1. The first-order valence-electron chi connectivity index (χ1n) is 9.96. The van der Waals surface area contributed by atoms with E-state index in [1.807, 2.05) is 31.2 Å². The van der Waals surface area contributed by atoms with Crippen molar-refractivity contribution in [2.45, 2.75) is 24.5 Å². The number of thioether (sulfide) groups is 1. The zero-order chi connectivity index (χ0) is 24.0. The van der Waals surface area contributed by atoms with Gasteiger partial charge < -0.3 is 19.9 Å². The predicted molar refractivity (Wildman–Crippen MR) is 130 cm³/mol. The van der Waals surface area contributed by atoms with Crippen LogP contribution in [0, 0.1) is 0 Å². The van der Waals surface area contributed by atoms with Crippen LogP contribution in [0.4, 0.5) is 5.69 Å². The lowest BCUT2D eigenvalue weighted by Crippen LogP contribution is -2.29. The Bertz CT molecular complexity index is 1140. The summed E-state index contributed by atoms with van der Waals surface area (Å²) in [6.45, 7) is 1.83. The fraction of sp³-hybridized carbons (Fsp3) is 0.273. The van der Waals surface area contributed by atoms with Gasteiger partial charge in [-0.3, -0.25) is 9.59 Å². The second kappa shape index (κ2) is 11.4. The topological polar surface area (TPSA) is 98.1 Å². The molecule has 33 heavy (non-hydrogen) atoms. The molecule has 3 aromatic rings. The number of nitrogens with zero attached hydrogens (tertiary/aromatic N) is 3. The zero-order valence-corrected chi connectivity index (χ0v) is 20.6. The van der Waals surface area contributed by atoms with Gasteiger partial charge in [0.1, 0.15) is 5.75 Å². The molecular formula is C22H23Cl2N5O3S. The van der Waals surface area contributed by atoms with Crippen LogP contribution in [0.1, 0.15) is 24.4 Å². The van der Waals surface area contributed by atoms with Gasteiger partial charge in [-0.05, 0) is 42.8 Å². The second-order valence-electron chi connectivity index (χ2n) is 7.17. The molecule has 2 amide bonds. The smallest absolute Gasteiger partial charge is 0.234 e. The molecule has 0 aliphatic heterocycles. The van der Waals surface area contributed by atoms with E-state index in [1.54, 1.807) is 36.9 Å². The van der Waals surface area contributed by atoms with Gasteiger partial charge in [-0.1, -0.05) is 47.1 Å². The number of halogens is 2. The van der Waals surface area contributed by atoms with Crippen LogP contribution < -0.4 is 15.4 Å². The first-order valence-corrected chi connectivity index (χ1v) is 11.7. The molecule has 0 bridgehead atoms. The van der Waals surface area contributed by atoms with Gasteiger partial charge in [0.15, 0.2) is 11.0 Å². The first-order chi connectivity index (χ1) is 15.8. The Kier molecular flexibility index (Phi) is 8.60. The molecule has 0 spiro atoms. The molecular weight excluding hydrogens is 485 g/mol. The molecule has 1 heterocycles. The maximum absolute atomic E-state index is 12.4. The Hall–Kier alpha value is -2.75. The fourth-order valence-electron chi connectivity index (χ4n) is 3.02. The molecule has 174 valence electrons. The van der Waals surface area contributed by atoms with Gasteiger partial charge in [0.2, 0.25) is 11.8 Å². The number of hydrogen-bond acceptors (Lipinski definition) is 6.